The summed E-state index contributed by atoms with van der Waals surface area (Å²) in [5.41, 5.74) is 5.66. The van der Waals surface area contributed by atoms with Crippen LogP contribution in [-0.2, 0) is 29.1 Å². The molecule has 3 N–H and O–H groups in total. The first-order chi connectivity index (χ1) is 25.3. The Labute approximate surface area is 312 Å². The number of amides is 3. The summed E-state index contributed by atoms with van der Waals surface area (Å²) in [7, 11) is 0. The van der Waals surface area contributed by atoms with Crippen LogP contribution in [0.15, 0.2) is 120 Å². The quantitative estimate of drug-likeness (QED) is 0.0880. The van der Waals surface area contributed by atoms with Gasteiger partial charge in [0.25, 0.3) is 11.8 Å². The van der Waals surface area contributed by atoms with Crippen molar-refractivity contribution in [1.82, 2.24) is 10.2 Å². The van der Waals surface area contributed by atoms with Gasteiger partial charge in [-0.05, 0) is 78.4 Å². The van der Waals surface area contributed by atoms with Crippen LogP contribution < -0.4 is 16.0 Å². The second-order valence-corrected chi connectivity index (χ2v) is 14.9. The molecule has 0 aliphatic carbocycles. The fraction of sp³-hybridized carbons (Fsp3) is 0.190. The van der Waals surface area contributed by atoms with Crippen molar-refractivity contribution >= 4 is 57.6 Å². The number of carbonyl (C=O) groups excluding carboxylic acids is 3. The standard InChI is InChI=1S/C42H39N5O3S2/c1-3-37(41(50)46-42-35(25-43)34-21-22-47(27-38(34)52-42)26-29-14-6-4-7-15-29)51-33-20-12-19-32(24-33)44-40(49)36(23-31-18-11-10-13-28(31)2)45-39(48)30-16-8-5-9-17-30/h4-20,23-24,37H,3,21-22,26-27H2,1-2H3,(H,44,49)(H,45,48)(H,46,50)/b36-23-. The molecule has 1 aliphatic heterocycles. The lowest BCUT2D eigenvalue weighted by atomic mass is 10.0. The number of hydrogen-bond acceptors (Lipinski definition) is 7. The van der Waals surface area contributed by atoms with Crippen LogP contribution in [0.4, 0.5) is 10.7 Å². The third-order valence-electron chi connectivity index (χ3n) is 8.78. The molecule has 0 bridgehead atoms. The van der Waals surface area contributed by atoms with Gasteiger partial charge in [0.2, 0.25) is 5.91 Å². The van der Waals surface area contributed by atoms with Gasteiger partial charge in [0.15, 0.2) is 0 Å². The maximum atomic E-state index is 13.7. The highest BCUT2D eigenvalue weighted by molar-refractivity contribution is 8.00. The van der Waals surface area contributed by atoms with Crippen molar-refractivity contribution < 1.29 is 14.4 Å². The molecule has 8 nitrogen and oxygen atoms in total. The molecule has 1 aromatic heterocycles. The largest absolute Gasteiger partial charge is 0.321 e. The highest BCUT2D eigenvalue weighted by atomic mass is 32.2. The van der Waals surface area contributed by atoms with Gasteiger partial charge in [0.1, 0.15) is 16.8 Å². The fourth-order valence-electron chi connectivity index (χ4n) is 6.01. The zero-order valence-corrected chi connectivity index (χ0v) is 30.7. The number of rotatable bonds is 12. The molecule has 10 heteroatoms. The van der Waals surface area contributed by atoms with E-state index in [1.54, 1.807) is 36.4 Å². The molecular weight excluding hydrogens is 687 g/mol. The Kier molecular flexibility index (Phi) is 12.0. The van der Waals surface area contributed by atoms with Crippen molar-refractivity contribution in [1.29, 1.82) is 5.26 Å². The average molecular weight is 726 g/mol. The smallest absolute Gasteiger partial charge is 0.272 e. The van der Waals surface area contributed by atoms with Crippen LogP contribution in [0.1, 0.15) is 56.4 Å². The second-order valence-electron chi connectivity index (χ2n) is 12.5. The highest BCUT2D eigenvalue weighted by Gasteiger charge is 2.27. The molecule has 1 atom stereocenters. The van der Waals surface area contributed by atoms with Crippen molar-refractivity contribution in [2.24, 2.45) is 0 Å². The first-order valence-corrected chi connectivity index (χ1v) is 18.8. The van der Waals surface area contributed by atoms with Crippen LogP contribution in [0.3, 0.4) is 0 Å². The topological polar surface area (TPSA) is 114 Å². The number of carbonyl (C=O) groups is 3. The molecule has 0 spiro atoms. The zero-order valence-electron chi connectivity index (χ0n) is 29.0. The number of benzene rings is 4. The Balaban J connectivity index is 1.13. The lowest BCUT2D eigenvalue weighted by molar-refractivity contribution is -0.116. The molecule has 0 saturated heterocycles. The monoisotopic (exact) mass is 725 g/mol. The van der Waals surface area contributed by atoms with Crippen LogP contribution in [0, 0.1) is 18.3 Å². The van der Waals surface area contributed by atoms with Crippen molar-refractivity contribution in [3.63, 3.8) is 0 Å². The third-order valence-corrected chi connectivity index (χ3v) is 11.3. The van der Waals surface area contributed by atoms with E-state index < -0.39 is 17.1 Å². The predicted molar refractivity (Wildman–Crippen MR) is 210 cm³/mol. The van der Waals surface area contributed by atoms with Gasteiger partial charge in [0, 0.05) is 40.7 Å². The summed E-state index contributed by atoms with van der Waals surface area (Å²) < 4.78 is 0. The van der Waals surface area contributed by atoms with E-state index in [4.69, 9.17) is 0 Å². The number of nitrogens with one attached hydrogen (secondary N) is 3. The first kappa shape index (κ1) is 36.3. The van der Waals surface area contributed by atoms with Crippen molar-refractivity contribution in [3.05, 3.63) is 153 Å². The molecule has 5 aromatic rings. The summed E-state index contributed by atoms with van der Waals surface area (Å²) in [5.74, 6) is -1.05. The molecule has 1 unspecified atom stereocenters. The van der Waals surface area contributed by atoms with Gasteiger partial charge in [-0.15, -0.1) is 23.1 Å². The van der Waals surface area contributed by atoms with Crippen molar-refractivity contribution in [2.75, 3.05) is 17.2 Å². The number of aryl methyl sites for hydroxylation is 1. The van der Waals surface area contributed by atoms with E-state index >= 15 is 0 Å². The van der Waals surface area contributed by atoms with Gasteiger partial charge in [-0.25, -0.2) is 0 Å². The molecule has 0 saturated carbocycles. The molecule has 3 amide bonds. The number of anilines is 2. The maximum Gasteiger partial charge on any atom is 0.272 e. The van der Waals surface area contributed by atoms with Gasteiger partial charge < -0.3 is 16.0 Å². The van der Waals surface area contributed by atoms with Gasteiger partial charge in [-0.3, -0.25) is 19.3 Å². The fourth-order valence-corrected chi connectivity index (χ4v) is 8.27. The van der Waals surface area contributed by atoms with Crippen LogP contribution >= 0.6 is 23.1 Å². The minimum absolute atomic E-state index is 0.0992. The van der Waals surface area contributed by atoms with Crippen LogP contribution in [0.2, 0.25) is 0 Å². The van der Waals surface area contributed by atoms with Gasteiger partial charge in [0.05, 0.1) is 10.8 Å². The molecule has 0 radical (unpaired) electrons. The molecule has 2 heterocycles. The minimum atomic E-state index is -0.479. The summed E-state index contributed by atoms with van der Waals surface area (Å²) in [4.78, 5) is 44.7. The minimum Gasteiger partial charge on any atom is -0.321 e. The number of fused-ring (bicyclic) bond motifs is 1. The lowest BCUT2D eigenvalue weighted by Gasteiger charge is -2.26. The predicted octanol–water partition coefficient (Wildman–Crippen LogP) is 8.41. The van der Waals surface area contributed by atoms with Crippen molar-refractivity contribution in [3.8, 4) is 6.07 Å². The molecule has 52 heavy (non-hydrogen) atoms. The van der Waals surface area contributed by atoms with E-state index in [1.165, 1.54) is 28.7 Å². The summed E-state index contributed by atoms with van der Waals surface area (Å²) in [5, 5.41) is 19.0. The summed E-state index contributed by atoms with van der Waals surface area (Å²) in [6, 6.07) is 36.3. The first-order valence-electron chi connectivity index (χ1n) is 17.1. The normalized spacial score (nSPS) is 13.4. The third kappa shape index (κ3) is 9.06. The number of nitriles is 1. The molecular formula is C42H39N5O3S2. The van der Waals surface area contributed by atoms with E-state index in [2.05, 4.69) is 39.1 Å². The Morgan fingerprint density at radius 3 is 2.40 bits per heavy atom. The molecule has 262 valence electrons. The van der Waals surface area contributed by atoms with Gasteiger partial charge in [-0.2, -0.15) is 5.26 Å². The van der Waals surface area contributed by atoms with Gasteiger partial charge >= 0.3 is 0 Å². The second kappa shape index (κ2) is 17.2. The average Bonchev–Trinajstić information content (AvgIpc) is 3.51. The number of thioether (sulfide) groups is 1. The van der Waals surface area contributed by atoms with Gasteiger partial charge in [-0.1, -0.05) is 85.8 Å². The van der Waals surface area contributed by atoms with Crippen LogP contribution in [-0.4, -0.2) is 34.4 Å². The zero-order chi connectivity index (χ0) is 36.5. The summed E-state index contributed by atoms with van der Waals surface area (Å²) in [6.07, 6.45) is 2.99. The summed E-state index contributed by atoms with van der Waals surface area (Å²) in [6.45, 7) is 6.32. The molecule has 1 aliphatic rings. The Hall–Kier alpha value is -5.47. The SMILES string of the molecule is CCC(Sc1cccc(NC(=O)/C(=C/c2ccccc2C)NC(=O)c2ccccc2)c1)C(=O)Nc1sc2c(c1C#N)CCN(Cc1ccccc1)C2. The van der Waals surface area contributed by atoms with E-state index in [0.717, 1.165) is 52.5 Å². The Bertz CT molecular complexity index is 2140. The highest BCUT2D eigenvalue weighted by Crippen LogP contribution is 2.38. The van der Waals surface area contributed by atoms with E-state index in [0.29, 0.717) is 28.2 Å². The van der Waals surface area contributed by atoms with E-state index in [1.807, 2.05) is 80.6 Å². The number of nitrogens with zero attached hydrogens (tertiary/aromatic N) is 2. The lowest BCUT2D eigenvalue weighted by Crippen LogP contribution is -2.30. The Morgan fingerprint density at radius 2 is 1.67 bits per heavy atom. The summed E-state index contributed by atoms with van der Waals surface area (Å²) >= 11 is 2.89. The molecule has 0 fully saturated rings. The molecule has 4 aromatic carbocycles. The van der Waals surface area contributed by atoms with Crippen LogP contribution in [0.5, 0.6) is 0 Å². The van der Waals surface area contributed by atoms with Crippen LogP contribution in [0.25, 0.3) is 6.08 Å². The number of thiophene rings is 1. The van der Waals surface area contributed by atoms with E-state index in [9.17, 15) is 19.6 Å². The molecule has 6 rings (SSSR count). The van der Waals surface area contributed by atoms with E-state index in [-0.39, 0.29) is 11.6 Å². The van der Waals surface area contributed by atoms with Crippen molar-refractivity contribution in [2.45, 2.75) is 49.9 Å². The maximum absolute atomic E-state index is 13.7. The Morgan fingerprint density at radius 1 is 0.942 bits per heavy atom. The number of hydrogen-bond donors (Lipinski definition) is 3.